The van der Waals surface area contributed by atoms with E-state index in [2.05, 4.69) is 21.0 Å². The number of imidazole rings is 1. The number of aromatic nitrogens is 4. The van der Waals surface area contributed by atoms with E-state index < -0.39 is 0 Å². The number of nitrogens with one attached hydrogen (secondary N) is 2. The molecule has 4 bridgehead atoms. The average molecular weight is 363 g/mol. The van der Waals surface area contributed by atoms with Crippen molar-refractivity contribution >= 4 is 22.1 Å². The molecular formula is C20H21N5O2. The zero-order chi connectivity index (χ0) is 18.2. The van der Waals surface area contributed by atoms with Crippen LogP contribution in [0.3, 0.4) is 0 Å². The normalized spacial score (nSPS) is 34.5. The monoisotopic (exact) mass is 363 g/mol. The molecule has 0 spiro atoms. The quantitative estimate of drug-likeness (QED) is 0.747. The Bertz CT molecular complexity index is 1130. The summed E-state index contributed by atoms with van der Waals surface area (Å²) in [6, 6.07) is 4.34. The summed E-state index contributed by atoms with van der Waals surface area (Å²) >= 11 is 0. The second-order valence-electron chi connectivity index (χ2n) is 8.65. The summed E-state index contributed by atoms with van der Waals surface area (Å²) in [6.07, 6.45) is 8.90. The van der Waals surface area contributed by atoms with Crippen molar-refractivity contribution in [3.63, 3.8) is 0 Å². The van der Waals surface area contributed by atoms with Gasteiger partial charge in [0.05, 0.1) is 28.9 Å². The maximum atomic E-state index is 13.0. The highest BCUT2D eigenvalue weighted by Crippen LogP contribution is 2.61. The van der Waals surface area contributed by atoms with Gasteiger partial charge in [0, 0.05) is 17.6 Å². The Morgan fingerprint density at radius 3 is 2.93 bits per heavy atom. The Kier molecular flexibility index (Phi) is 3.00. The lowest BCUT2D eigenvalue weighted by atomic mass is 9.52. The van der Waals surface area contributed by atoms with E-state index in [1.54, 1.807) is 6.20 Å². The topological polar surface area (TPSA) is 99.5 Å². The van der Waals surface area contributed by atoms with Crippen LogP contribution in [0.5, 0.6) is 0 Å². The lowest BCUT2D eigenvalue weighted by molar-refractivity contribution is -0.172. The summed E-state index contributed by atoms with van der Waals surface area (Å²) in [4.78, 5) is 23.6. The molecule has 3 aromatic heterocycles. The molecule has 1 unspecified atom stereocenters. The molecule has 0 saturated heterocycles. The molecule has 7 heteroatoms. The molecule has 4 saturated carbocycles. The third kappa shape index (κ3) is 2.05. The van der Waals surface area contributed by atoms with E-state index in [1.807, 2.05) is 16.8 Å². The van der Waals surface area contributed by atoms with Crippen molar-refractivity contribution in [2.45, 2.75) is 43.7 Å². The van der Waals surface area contributed by atoms with Crippen molar-refractivity contribution in [1.29, 1.82) is 5.26 Å². The van der Waals surface area contributed by atoms with E-state index in [0.717, 1.165) is 54.2 Å². The number of hydrogen-bond acceptors (Lipinski definition) is 4. The minimum atomic E-state index is -0.149. The summed E-state index contributed by atoms with van der Waals surface area (Å²) in [6.45, 7) is 0.166. The molecule has 3 heterocycles. The van der Waals surface area contributed by atoms with Crippen molar-refractivity contribution < 1.29 is 4.74 Å². The fourth-order valence-corrected chi connectivity index (χ4v) is 6.61. The summed E-state index contributed by atoms with van der Waals surface area (Å²) in [5.41, 5.74) is 2.40. The van der Waals surface area contributed by atoms with Crippen LogP contribution in [0.15, 0.2) is 23.3 Å². The van der Waals surface area contributed by atoms with E-state index in [4.69, 9.17) is 10.00 Å². The Morgan fingerprint density at radius 1 is 1.33 bits per heavy atom. The third-order valence-electron chi connectivity index (χ3n) is 7.17. The fourth-order valence-electron chi connectivity index (χ4n) is 6.61. The van der Waals surface area contributed by atoms with Gasteiger partial charge in [-0.2, -0.15) is 5.26 Å². The Balaban J connectivity index is 1.49. The van der Waals surface area contributed by atoms with E-state index in [0.29, 0.717) is 17.8 Å². The van der Waals surface area contributed by atoms with Gasteiger partial charge in [-0.1, -0.05) is 0 Å². The van der Waals surface area contributed by atoms with Gasteiger partial charge in [-0.15, -0.1) is 0 Å². The van der Waals surface area contributed by atoms with Gasteiger partial charge in [-0.05, 0) is 55.9 Å². The molecule has 138 valence electrons. The highest BCUT2D eigenvalue weighted by atomic mass is 16.5. The Labute approximate surface area is 155 Å². The molecule has 0 amide bonds. The van der Waals surface area contributed by atoms with E-state index in [1.165, 1.54) is 0 Å². The zero-order valence-electron chi connectivity index (χ0n) is 14.9. The van der Waals surface area contributed by atoms with Crippen LogP contribution < -0.4 is 5.69 Å². The zero-order valence-corrected chi connectivity index (χ0v) is 14.9. The molecule has 7 nitrogen and oxygen atoms in total. The van der Waals surface area contributed by atoms with Crippen molar-refractivity contribution in [2.24, 2.45) is 17.8 Å². The number of rotatable bonds is 3. The SMILES string of the molecule is N#CCO[C@]12CC3C[C@H](C1)[C@@H](n1c(=O)[nH]c4cnc5[nH]ccc5c41)[C@@H](C3)C2. The number of aromatic amines is 2. The lowest BCUT2D eigenvalue weighted by Gasteiger charge is -2.59. The molecule has 5 atom stereocenters. The smallest absolute Gasteiger partial charge is 0.326 e. The second-order valence-corrected chi connectivity index (χ2v) is 8.65. The van der Waals surface area contributed by atoms with Gasteiger partial charge >= 0.3 is 5.69 Å². The average Bonchev–Trinajstić information content (AvgIpc) is 3.23. The number of fused-ring (bicyclic) bond motifs is 3. The number of H-pyrrole nitrogens is 2. The van der Waals surface area contributed by atoms with Crippen molar-refractivity contribution in [3.05, 3.63) is 28.9 Å². The van der Waals surface area contributed by atoms with Gasteiger partial charge in [-0.3, -0.25) is 4.57 Å². The number of pyridine rings is 1. The number of ether oxygens (including phenoxy) is 1. The first kappa shape index (κ1) is 15.5. The lowest BCUT2D eigenvalue weighted by Crippen LogP contribution is -2.57. The van der Waals surface area contributed by atoms with Crippen LogP contribution in [-0.4, -0.2) is 31.7 Å². The third-order valence-corrected chi connectivity index (χ3v) is 7.17. The summed E-state index contributed by atoms with van der Waals surface area (Å²) in [7, 11) is 0. The predicted octanol–water partition coefficient (Wildman–Crippen LogP) is 2.87. The van der Waals surface area contributed by atoms with Crippen molar-refractivity contribution in [1.82, 2.24) is 19.5 Å². The summed E-state index contributed by atoms with van der Waals surface area (Å²) in [5.74, 6) is 1.51. The number of hydrogen-bond donors (Lipinski definition) is 2. The molecule has 0 aromatic carbocycles. The molecule has 4 fully saturated rings. The van der Waals surface area contributed by atoms with Crippen LogP contribution in [0.4, 0.5) is 0 Å². The first-order chi connectivity index (χ1) is 13.2. The highest BCUT2D eigenvalue weighted by molar-refractivity contribution is 6.00. The second kappa shape index (κ2) is 5.23. The van der Waals surface area contributed by atoms with Crippen LogP contribution in [0, 0.1) is 29.1 Å². The van der Waals surface area contributed by atoms with Crippen LogP contribution in [-0.2, 0) is 4.74 Å². The summed E-state index contributed by atoms with van der Waals surface area (Å²) in [5, 5.41) is 9.97. The van der Waals surface area contributed by atoms with Crippen molar-refractivity contribution in [2.75, 3.05) is 6.61 Å². The van der Waals surface area contributed by atoms with Gasteiger partial charge in [0.15, 0.2) is 0 Å². The van der Waals surface area contributed by atoms with E-state index >= 15 is 0 Å². The standard InChI is InChI=1S/C20H21N5O2/c21-2-4-27-20-7-11-5-12(8-20)16(13(6-11)9-20)25-17-14-1-3-22-18(14)23-10-15(17)24-19(25)26/h1,3,10-13,16H,4-9H2,(H,22,23)(H,24,26)/t11?,12-,13+,16-,20-. The number of nitrogens with zero attached hydrogens (tertiary/aromatic N) is 3. The maximum Gasteiger partial charge on any atom is 0.326 e. The Hall–Kier alpha value is -2.59. The largest absolute Gasteiger partial charge is 0.360 e. The highest BCUT2D eigenvalue weighted by Gasteiger charge is 2.57. The van der Waals surface area contributed by atoms with Gasteiger partial charge < -0.3 is 14.7 Å². The molecule has 27 heavy (non-hydrogen) atoms. The minimum absolute atomic E-state index is 0.0371. The summed E-state index contributed by atoms with van der Waals surface area (Å²) < 4.78 is 8.07. The molecule has 0 radical (unpaired) electrons. The fraction of sp³-hybridized carbons (Fsp3) is 0.550. The van der Waals surface area contributed by atoms with E-state index in [-0.39, 0.29) is 23.9 Å². The van der Waals surface area contributed by atoms with Crippen LogP contribution >= 0.6 is 0 Å². The molecule has 7 rings (SSSR count). The molecule has 0 aliphatic heterocycles. The Morgan fingerprint density at radius 2 is 2.15 bits per heavy atom. The first-order valence-electron chi connectivity index (χ1n) is 9.75. The van der Waals surface area contributed by atoms with Crippen molar-refractivity contribution in [3.8, 4) is 6.07 Å². The number of nitriles is 1. The molecule has 2 N–H and O–H groups in total. The molecule has 4 aliphatic rings. The van der Waals surface area contributed by atoms with E-state index in [9.17, 15) is 4.79 Å². The van der Waals surface area contributed by atoms with Crippen LogP contribution in [0.2, 0.25) is 0 Å². The van der Waals surface area contributed by atoms with Gasteiger partial charge in [-0.25, -0.2) is 9.78 Å². The van der Waals surface area contributed by atoms with Crippen LogP contribution in [0.1, 0.15) is 38.1 Å². The van der Waals surface area contributed by atoms with Gasteiger partial charge in [0.2, 0.25) is 0 Å². The van der Waals surface area contributed by atoms with Gasteiger partial charge in [0.1, 0.15) is 12.3 Å². The molecule has 3 aromatic rings. The van der Waals surface area contributed by atoms with Crippen LogP contribution in [0.25, 0.3) is 22.1 Å². The minimum Gasteiger partial charge on any atom is -0.360 e. The first-order valence-corrected chi connectivity index (χ1v) is 9.75. The molecule has 4 aliphatic carbocycles. The maximum absolute atomic E-state index is 13.0. The molecular weight excluding hydrogens is 342 g/mol. The predicted molar refractivity (Wildman–Crippen MR) is 99.1 cm³/mol. The van der Waals surface area contributed by atoms with Gasteiger partial charge in [0.25, 0.3) is 0 Å².